The van der Waals surface area contributed by atoms with E-state index in [4.69, 9.17) is 4.74 Å². The molecule has 0 spiro atoms. The molecule has 1 saturated carbocycles. The topological polar surface area (TPSA) is 54.5 Å². The number of ether oxygens (including phenoxy) is 1. The maximum absolute atomic E-state index is 13.5. The van der Waals surface area contributed by atoms with E-state index in [2.05, 4.69) is 33.2 Å². The Morgan fingerprint density at radius 3 is 2.89 bits per heavy atom. The molecular weight excluding hydrogens is 418 g/mol. The Balaban J connectivity index is 1.58. The Bertz CT molecular complexity index is 849. The first-order valence-electron chi connectivity index (χ1n) is 10.1. The molecule has 28 heavy (non-hydrogen) atoms. The SMILES string of the molecule is CCCO[C@H]1CC[C@H](C(=O)N2Cc3cccnc3Nc3ccc(Br)cc32)CC1. The number of carbonyl (C=O) groups is 1. The fraction of sp³-hybridized carbons (Fsp3) is 0.455. The Kier molecular flexibility index (Phi) is 5.97. The maximum Gasteiger partial charge on any atom is 0.230 e. The van der Waals surface area contributed by atoms with Crippen molar-refractivity contribution in [1.29, 1.82) is 0 Å². The molecule has 2 heterocycles. The van der Waals surface area contributed by atoms with Crippen molar-refractivity contribution in [2.45, 2.75) is 51.7 Å². The number of benzene rings is 1. The second-order valence-corrected chi connectivity index (χ2v) is 8.48. The molecule has 0 saturated heterocycles. The van der Waals surface area contributed by atoms with Gasteiger partial charge in [0.2, 0.25) is 5.91 Å². The first kappa shape index (κ1) is 19.4. The van der Waals surface area contributed by atoms with E-state index < -0.39 is 0 Å². The predicted molar refractivity (Wildman–Crippen MR) is 115 cm³/mol. The van der Waals surface area contributed by atoms with Gasteiger partial charge in [0.25, 0.3) is 0 Å². The highest BCUT2D eigenvalue weighted by molar-refractivity contribution is 9.10. The van der Waals surface area contributed by atoms with Crippen LogP contribution in [0.3, 0.4) is 0 Å². The summed E-state index contributed by atoms with van der Waals surface area (Å²) in [6, 6.07) is 9.96. The molecule has 0 radical (unpaired) electrons. The number of halogens is 1. The van der Waals surface area contributed by atoms with E-state index >= 15 is 0 Å². The summed E-state index contributed by atoms with van der Waals surface area (Å²) in [6.07, 6.45) is 6.83. The molecule has 1 fully saturated rings. The highest BCUT2D eigenvalue weighted by Crippen LogP contribution is 2.39. The lowest BCUT2D eigenvalue weighted by molar-refractivity contribution is -0.124. The fourth-order valence-corrected chi connectivity index (χ4v) is 4.42. The largest absolute Gasteiger partial charge is 0.378 e. The van der Waals surface area contributed by atoms with Crippen LogP contribution in [0.1, 0.15) is 44.6 Å². The summed E-state index contributed by atoms with van der Waals surface area (Å²) in [5, 5.41) is 3.40. The van der Waals surface area contributed by atoms with Crippen LogP contribution >= 0.6 is 15.9 Å². The number of pyridine rings is 1. The van der Waals surface area contributed by atoms with Crippen LogP contribution in [-0.2, 0) is 16.1 Å². The van der Waals surface area contributed by atoms with Crippen LogP contribution in [0.5, 0.6) is 0 Å². The second-order valence-electron chi connectivity index (χ2n) is 7.57. The van der Waals surface area contributed by atoms with Crippen LogP contribution < -0.4 is 10.2 Å². The van der Waals surface area contributed by atoms with E-state index in [-0.39, 0.29) is 11.8 Å². The Morgan fingerprint density at radius 1 is 1.29 bits per heavy atom. The molecule has 1 amide bonds. The van der Waals surface area contributed by atoms with Gasteiger partial charge in [-0.3, -0.25) is 4.79 Å². The molecule has 1 aliphatic heterocycles. The van der Waals surface area contributed by atoms with Gasteiger partial charge in [0.05, 0.1) is 24.0 Å². The van der Waals surface area contributed by atoms with Gasteiger partial charge in [0.1, 0.15) is 5.82 Å². The van der Waals surface area contributed by atoms with Crippen LogP contribution in [0.4, 0.5) is 17.2 Å². The molecule has 2 aromatic rings. The second kappa shape index (κ2) is 8.62. The number of hydrogen-bond donors (Lipinski definition) is 1. The van der Waals surface area contributed by atoms with Gasteiger partial charge in [-0.2, -0.15) is 0 Å². The van der Waals surface area contributed by atoms with Crippen molar-refractivity contribution >= 4 is 39.0 Å². The first-order valence-corrected chi connectivity index (χ1v) is 10.9. The molecule has 148 valence electrons. The van der Waals surface area contributed by atoms with E-state index in [1.54, 1.807) is 6.20 Å². The van der Waals surface area contributed by atoms with Crippen LogP contribution in [0.25, 0.3) is 0 Å². The molecule has 6 heteroatoms. The van der Waals surface area contributed by atoms with Gasteiger partial charge in [0.15, 0.2) is 0 Å². The maximum atomic E-state index is 13.5. The average molecular weight is 444 g/mol. The molecule has 0 bridgehead atoms. The smallest absolute Gasteiger partial charge is 0.230 e. The minimum absolute atomic E-state index is 0.0477. The summed E-state index contributed by atoms with van der Waals surface area (Å²) in [5.74, 6) is 1.07. The lowest BCUT2D eigenvalue weighted by Gasteiger charge is -2.32. The summed E-state index contributed by atoms with van der Waals surface area (Å²) < 4.78 is 6.85. The summed E-state index contributed by atoms with van der Waals surface area (Å²) in [4.78, 5) is 19.9. The molecule has 0 unspecified atom stereocenters. The van der Waals surface area contributed by atoms with E-state index in [1.807, 2.05) is 35.2 Å². The number of fused-ring (bicyclic) bond motifs is 2. The normalized spacial score (nSPS) is 21.3. The zero-order chi connectivity index (χ0) is 19.5. The van der Waals surface area contributed by atoms with Crippen LogP contribution in [0, 0.1) is 5.92 Å². The minimum Gasteiger partial charge on any atom is -0.378 e. The minimum atomic E-state index is 0.0477. The standard InChI is InChI=1S/C22H26BrN3O2/c1-2-12-28-18-8-5-15(6-9-18)22(27)26-14-16-4-3-11-24-21(16)25-19-10-7-17(23)13-20(19)26/h3-4,7,10-11,13,15,18H,2,5-6,8-9,12,14H2,1H3,(H,24,25)/t15-,18-. The number of rotatable bonds is 4. The summed E-state index contributed by atoms with van der Waals surface area (Å²) >= 11 is 3.56. The number of carbonyl (C=O) groups excluding carboxylic acids is 1. The Labute approximate surface area is 174 Å². The first-order chi connectivity index (χ1) is 13.7. The van der Waals surface area contributed by atoms with Gasteiger partial charge < -0.3 is 15.0 Å². The Morgan fingerprint density at radius 2 is 2.11 bits per heavy atom. The summed E-state index contributed by atoms with van der Waals surface area (Å²) in [5.41, 5.74) is 2.85. The van der Waals surface area contributed by atoms with E-state index in [1.165, 1.54) is 0 Å². The quantitative estimate of drug-likeness (QED) is 0.684. The lowest BCUT2D eigenvalue weighted by Crippen LogP contribution is -2.38. The van der Waals surface area contributed by atoms with Crippen molar-refractivity contribution < 1.29 is 9.53 Å². The molecule has 1 aromatic carbocycles. The average Bonchev–Trinajstić information content (AvgIpc) is 2.88. The molecule has 5 nitrogen and oxygen atoms in total. The van der Waals surface area contributed by atoms with Gasteiger partial charge in [-0.15, -0.1) is 0 Å². The molecular formula is C22H26BrN3O2. The van der Waals surface area contributed by atoms with E-state index in [9.17, 15) is 4.79 Å². The van der Waals surface area contributed by atoms with Crippen molar-refractivity contribution in [3.8, 4) is 0 Å². The zero-order valence-corrected chi connectivity index (χ0v) is 17.7. The number of nitrogens with zero attached hydrogens (tertiary/aromatic N) is 2. The summed E-state index contributed by atoms with van der Waals surface area (Å²) in [6.45, 7) is 3.47. The van der Waals surface area contributed by atoms with Crippen molar-refractivity contribution in [3.63, 3.8) is 0 Å². The van der Waals surface area contributed by atoms with Gasteiger partial charge in [-0.25, -0.2) is 4.98 Å². The van der Waals surface area contributed by atoms with Crippen molar-refractivity contribution in [3.05, 3.63) is 46.6 Å². The summed E-state index contributed by atoms with van der Waals surface area (Å²) in [7, 11) is 0. The van der Waals surface area contributed by atoms with Crippen molar-refractivity contribution in [2.24, 2.45) is 5.92 Å². The molecule has 2 aliphatic rings. The van der Waals surface area contributed by atoms with Gasteiger partial charge in [-0.05, 0) is 56.4 Å². The number of anilines is 3. The predicted octanol–water partition coefficient (Wildman–Crippen LogP) is 5.42. The molecule has 1 aliphatic carbocycles. The number of nitrogens with one attached hydrogen (secondary N) is 1. The van der Waals surface area contributed by atoms with Crippen LogP contribution in [0.15, 0.2) is 41.0 Å². The third-order valence-corrected chi connectivity index (χ3v) is 6.06. The molecule has 0 atom stereocenters. The number of aromatic nitrogens is 1. The third-order valence-electron chi connectivity index (χ3n) is 5.57. The Hall–Kier alpha value is -1.92. The highest BCUT2D eigenvalue weighted by Gasteiger charge is 2.33. The monoisotopic (exact) mass is 443 g/mol. The van der Waals surface area contributed by atoms with Crippen molar-refractivity contribution in [1.82, 2.24) is 4.98 Å². The van der Waals surface area contributed by atoms with Crippen LogP contribution in [0.2, 0.25) is 0 Å². The zero-order valence-electron chi connectivity index (χ0n) is 16.2. The number of amides is 1. The fourth-order valence-electron chi connectivity index (χ4n) is 4.07. The molecule has 1 aromatic heterocycles. The molecule has 4 rings (SSSR count). The van der Waals surface area contributed by atoms with E-state index in [0.29, 0.717) is 12.6 Å². The van der Waals surface area contributed by atoms with Crippen LogP contribution in [-0.4, -0.2) is 23.6 Å². The number of hydrogen-bond acceptors (Lipinski definition) is 4. The highest BCUT2D eigenvalue weighted by atomic mass is 79.9. The lowest BCUT2D eigenvalue weighted by atomic mass is 9.86. The van der Waals surface area contributed by atoms with Gasteiger partial charge in [-0.1, -0.05) is 28.9 Å². The van der Waals surface area contributed by atoms with Gasteiger partial charge >= 0.3 is 0 Å². The molecule has 1 N–H and O–H groups in total. The van der Waals surface area contributed by atoms with Gasteiger partial charge in [0, 0.05) is 28.8 Å². The third kappa shape index (κ3) is 4.08. The van der Waals surface area contributed by atoms with Crippen molar-refractivity contribution in [2.75, 3.05) is 16.8 Å². The van der Waals surface area contributed by atoms with E-state index in [0.717, 1.165) is 65.9 Å².